The highest BCUT2D eigenvalue weighted by molar-refractivity contribution is 7.47. The molecule has 0 radical (unpaired) electrons. The summed E-state index contributed by atoms with van der Waals surface area (Å²) in [4.78, 5) is 35.5. The molecule has 340 valence electrons. The zero-order valence-electron chi connectivity index (χ0n) is 35.8. The fraction of sp³-hybridized carbons (Fsp3) is 0.864. The van der Waals surface area contributed by atoms with Crippen molar-refractivity contribution in [2.24, 2.45) is 0 Å². The van der Waals surface area contributed by atoms with Crippen LogP contribution in [0.1, 0.15) is 187 Å². The van der Waals surface area contributed by atoms with Crippen LogP contribution in [-0.2, 0) is 32.7 Å². The first-order valence-corrected chi connectivity index (χ1v) is 24.1. The van der Waals surface area contributed by atoms with E-state index in [-0.39, 0.29) is 12.8 Å². The molecule has 6 N–H and O–H groups in total. The van der Waals surface area contributed by atoms with Crippen molar-refractivity contribution in [1.82, 2.24) is 0 Å². The van der Waals surface area contributed by atoms with Crippen molar-refractivity contribution < 1.29 is 63.1 Å². The van der Waals surface area contributed by atoms with Crippen LogP contribution in [0.3, 0.4) is 0 Å². The number of esters is 2. The van der Waals surface area contributed by atoms with Crippen LogP contribution >= 0.6 is 7.82 Å². The molecule has 0 aromatic rings. The van der Waals surface area contributed by atoms with Gasteiger partial charge in [-0.05, 0) is 44.9 Å². The fourth-order valence-corrected chi connectivity index (χ4v) is 7.82. The van der Waals surface area contributed by atoms with Crippen molar-refractivity contribution >= 4 is 19.8 Å². The largest absolute Gasteiger partial charge is 0.472 e. The quantitative estimate of drug-likeness (QED) is 0.0150. The Balaban J connectivity index is 2.39. The van der Waals surface area contributed by atoms with E-state index in [1.165, 1.54) is 89.9 Å². The lowest BCUT2D eigenvalue weighted by atomic mass is 9.85. The lowest BCUT2D eigenvalue weighted by Crippen LogP contribution is -2.64. The summed E-state index contributed by atoms with van der Waals surface area (Å²) in [5.41, 5.74) is 0. The van der Waals surface area contributed by atoms with E-state index in [9.17, 15) is 44.6 Å². The number of phosphoric ester groups is 1. The number of carbonyl (C=O) groups is 2. The molecule has 58 heavy (non-hydrogen) atoms. The van der Waals surface area contributed by atoms with E-state index in [1.54, 1.807) is 0 Å². The van der Waals surface area contributed by atoms with Gasteiger partial charge in [0.05, 0.1) is 6.61 Å². The van der Waals surface area contributed by atoms with Crippen LogP contribution in [-0.4, -0.2) is 98.3 Å². The number of aliphatic hydroxyl groups excluding tert-OH is 5. The lowest BCUT2D eigenvalue weighted by molar-refractivity contribution is -0.220. The minimum Gasteiger partial charge on any atom is -0.462 e. The summed E-state index contributed by atoms with van der Waals surface area (Å²) < 4.78 is 33.4. The van der Waals surface area contributed by atoms with Gasteiger partial charge in [-0.15, -0.1) is 0 Å². The number of unbranched alkanes of at least 4 members (excludes halogenated alkanes) is 21. The average molecular weight is 849 g/mol. The molecule has 0 bridgehead atoms. The Bertz CT molecular complexity index is 1120. The summed E-state index contributed by atoms with van der Waals surface area (Å²) in [6, 6.07) is 0. The van der Waals surface area contributed by atoms with Crippen LogP contribution in [0.5, 0.6) is 0 Å². The Morgan fingerprint density at radius 2 is 0.931 bits per heavy atom. The van der Waals surface area contributed by atoms with Gasteiger partial charge in [0.1, 0.15) is 43.2 Å². The third-order valence-electron chi connectivity index (χ3n) is 10.5. The van der Waals surface area contributed by atoms with Gasteiger partial charge in [-0.25, -0.2) is 4.57 Å². The summed E-state index contributed by atoms with van der Waals surface area (Å²) in [7, 11) is -5.11. The summed E-state index contributed by atoms with van der Waals surface area (Å²) in [5, 5.41) is 50.0. The number of phosphoric acid groups is 1. The molecule has 1 fully saturated rings. The normalized spacial score (nSPS) is 22.7. The highest BCUT2D eigenvalue weighted by Crippen LogP contribution is 2.47. The van der Waals surface area contributed by atoms with Crippen molar-refractivity contribution in [3.63, 3.8) is 0 Å². The van der Waals surface area contributed by atoms with Crippen molar-refractivity contribution in [3.05, 3.63) is 24.3 Å². The highest BCUT2D eigenvalue weighted by Gasteiger charge is 2.51. The maximum absolute atomic E-state index is 12.8. The summed E-state index contributed by atoms with van der Waals surface area (Å²) in [6.45, 7) is 3.24. The first kappa shape index (κ1) is 54.3. The second-order valence-electron chi connectivity index (χ2n) is 15.9. The zero-order valence-corrected chi connectivity index (χ0v) is 36.7. The SMILES string of the molecule is CCCCCCC/C=C\C/C=C\CCCCCCCCCCCC(=O)OC(COC(=O)CCCCCCCCCC)COP(=O)(O)OC1C(O)C(O)C(O)C(O)C1O. The van der Waals surface area contributed by atoms with E-state index in [1.807, 2.05) is 0 Å². The van der Waals surface area contributed by atoms with E-state index < -0.39 is 75.7 Å². The Morgan fingerprint density at radius 3 is 1.40 bits per heavy atom. The summed E-state index contributed by atoms with van der Waals surface area (Å²) >= 11 is 0. The van der Waals surface area contributed by atoms with Crippen LogP contribution in [0.15, 0.2) is 24.3 Å². The van der Waals surface area contributed by atoms with E-state index >= 15 is 0 Å². The van der Waals surface area contributed by atoms with Gasteiger partial charge in [0.2, 0.25) is 0 Å². The molecule has 1 aliphatic carbocycles. The third-order valence-corrected chi connectivity index (χ3v) is 11.5. The predicted molar refractivity (Wildman–Crippen MR) is 226 cm³/mol. The smallest absolute Gasteiger partial charge is 0.462 e. The molecule has 6 unspecified atom stereocenters. The second kappa shape index (κ2) is 35.0. The lowest BCUT2D eigenvalue weighted by Gasteiger charge is -2.41. The zero-order chi connectivity index (χ0) is 42.9. The number of allylic oxidation sites excluding steroid dienone is 4. The fourth-order valence-electron chi connectivity index (χ4n) is 6.85. The van der Waals surface area contributed by atoms with Crippen molar-refractivity contribution in [2.45, 2.75) is 230 Å². The molecule has 0 heterocycles. The first-order chi connectivity index (χ1) is 27.9. The standard InChI is InChI=1S/C44H81O13P/c1-3-5-7-9-11-13-14-15-16-17-18-19-20-21-22-23-24-25-27-29-31-33-38(46)56-36(34-54-37(45)32-30-28-26-12-10-8-6-4-2)35-55-58(52,53)57-44-42(50)40(48)39(47)41(49)43(44)51/h14-15,17-18,36,39-44,47-51H,3-13,16,19-35H2,1-2H3,(H,52,53)/b15-14-,18-17-. The second-order valence-corrected chi connectivity index (χ2v) is 17.3. The molecule has 1 saturated carbocycles. The molecule has 1 rings (SSSR count). The molecular formula is C44H81O13P. The third kappa shape index (κ3) is 27.2. The number of hydrogen-bond donors (Lipinski definition) is 6. The molecule has 1 aliphatic rings. The highest BCUT2D eigenvalue weighted by atomic mass is 31.2. The molecule has 0 amide bonds. The molecule has 0 aliphatic heterocycles. The maximum atomic E-state index is 12.8. The molecular weight excluding hydrogens is 767 g/mol. The molecule has 0 aromatic heterocycles. The first-order valence-electron chi connectivity index (χ1n) is 22.6. The van der Waals surface area contributed by atoms with E-state index in [4.69, 9.17) is 18.5 Å². The van der Waals surface area contributed by atoms with Crippen molar-refractivity contribution in [3.8, 4) is 0 Å². The molecule has 6 atom stereocenters. The predicted octanol–water partition coefficient (Wildman–Crippen LogP) is 8.45. The van der Waals surface area contributed by atoms with Gasteiger partial charge in [0.15, 0.2) is 6.10 Å². The topological polar surface area (TPSA) is 210 Å². The molecule has 0 saturated heterocycles. The Kier molecular flexibility index (Phi) is 32.8. The Morgan fingerprint density at radius 1 is 0.534 bits per heavy atom. The molecule has 0 spiro atoms. The summed E-state index contributed by atoms with van der Waals surface area (Å²) in [6.07, 6.45) is 24.0. The minimum atomic E-state index is -5.11. The van der Waals surface area contributed by atoms with Gasteiger partial charge in [-0.2, -0.15) is 0 Å². The van der Waals surface area contributed by atoms with Gasteiger partial charge in [0, 0.05) is 12.8 Å². The number of rotatable bonds is 37. The van der Waals surface area contributed by atoms with Gasteiger partial charge in [-0.3, -0.25) is 18.6 Å². The summed E-state index contributed by atoms with van der Waals surface area (Å²) in [5.74, 6) is -1.10. The van der Waals surface area contributed by atoms with Crippen molar-refractivity contribution in [2.75, 3.05) is 13.2 Å². The van der Waals surface area contributed by atoms with Crippen LogP contribution in [0.4, 0.5) is 0 Å². The van der Waals surface area contributed by atoms with Gasteiger partial charge >= 0.3 is 19.8 Å². The Hall–Kier alpha value is -1.67. The minimum absolute atomic E-state index is 0.0942. The van der Waals surface area contributed by atoms with Gasteiger partial charge in [-0.1, -0.05) is 154 Å². The van der Waals surface area contributed by atoms with Crippen LogP contribution in [0.2, 0.25) is 0 Å². The van der Waals surface area contributed by atoms with E-state index in [0.29, 0.717) is 12.8 Å². The van der Waals surface area contributed by atoms with Gasteiger partial charge in [0.25, 0.3) is 0 Å². The van der Waals surface area contributed by atoms with Crippen molar-refractivity contribution in [1.29, 1.82) is 0 Å². The van der Waals surface area contributed by atoms with Crippen LogP contribution in [0.25, 0.3) is 0 Å². The Labute approximate surface area is 349 Å². The maximum Gasteiger partial charge on any atom is 0.472 e. The number of aliphatic hydroxyl groups is 5. The number of ether oxygens (including phenoxy) is 2. The van der Waals surface area contributed by atoms with Crippen LogP contribution in [0, 0.1) is 0 Å². The average Bonchev–Trinajstić information content (AvgIpc) is 3.20. The number of carbonyl (C=O) groups excluding carboxylic acids is 2. The molecule has 0 aromatic carbocycles. The monoisotopic (exact) mass is 849 g/mol. The number of hydrogen-bond acceptors (Lipinski definition) is 12. The van der Waals surface area contributed by atoms with Gasteiger partial charge < -0.3 is 39.9 Å². The van der Waals surface area contributed by atoms with E-state index in [2.05, 4.69) is 38.2 Å². The van der Waals surface area contributed by atoms with E-state index in [0.717, 1.165) is 57.8 Å². The molecule has 13 nitrogen and oxygen atoms in total. The van der Waals surface area contributed by atoms with Crippen LogP contribution < -0.4 is 0 Å². The molecule has 14 heteroatoms.